The van der Waals surface area contributed by atoms with Crippen LogP contribution >= 0.6 is 11.3 Å². The lowest BCUT2D eigenvalue weighted by molar-refractivity contribution is 0.100. The first-order valence-corrected chi connectivity index (χ1v) is 12.4. The summed E-state index contributed by atoms with van der Waals surface area (Å²) < 4.78 is 30.8. The van der Waals surface area contributed by atoms with E-state index in [1.807, 2.05) is 30.3 Å². The van der Waals surface area contributed by atoms with Crippen molar-refractivity contribution in [2.45, 2.75) is 27.2 Å². The number of pyridine rings is 1. The van der Waals surface area contributed by atoms with Crippen molar-refractivity contribution in [3.8, 4) is 16.8 Å². The minimum absolute atomic E-state index is 0.000757. The summed E-state index contributed by atoms with van der Waals surface area (Å²) >= 11 is 0.851. The summed E-state index contributed by atoms with van der Waals surface area (Å²) in [5, 5.41) is 11.9. The molecule has 0 radical (unpaired) electrons. The number of primary amides is 1. The molecule has 5 aromatic rings. The predicted molar refractivity (Wildman–Crippen MR) is 141 cm³/mol. The maximum absolute atomic E-state index is 13.8. The molecule has 0 unspecified atom stereocenters. The van der Waals surface area contributed by atoms with Gasteiger partial charge in [-0.15, -0.1) is 11.3 Å². The molecule has 194 valence electrons. The number of benzene rings is 1. The maximum Gasteiger partial charge on any atom is 0.280 e. The largest absolute Gasteiger partial charge is 0.365 e. The summed E-state index contributed by atoms with van der Waals surface area (Å²) in [5.74, 6) is -1.33. The van der Waals surface area contributed by atoms with Gasteiger partial charge in [0.15, 0.2) is 0 Å². The highest BCUT2D eigenvalue weighted by Crippen LogP contribution is 2.43. The van der Waals surface area contributed by atoms with Crippen molar-refractivity contribution in [3.63, 3.8) is 0 Å². The Labute approximate surface area is 219 Å². The SMILES string of the molecule is Cc1nn(-c2ccccc2)c(C)c1C(=O)Nc1c(C(N)=O)sc2nc(C(F)F)cc(-c3cnn(C)c3C)c12. The summed E-state index contributed by atoms with van der Waals surface area (Å²) in [7, 11) is 1.73. The zero-order valence-electron chi connectivity index (χ0n) is 20.9. The smallest absolute Gasteiger partial charge is 0.280 e. The van der Waals surface area contributed by atoms with E-state index in [2.05, 4.69) is 20.5 Å². The van der Waals surface area contributed by atoms with E-state index in [0.717, 1.165) is 17.0 Å². The van der Waals surface area contributed by atoms with Crippen LogP contribution in [0.1, 0.15) is 49.2 Å². The summed E-state index contributed by atoms with van der Waals surface area (Å²) in [6.07, 6.45) is -1.30. The van der Waals surface area contributed by atoms with Crippen molar-refractivity contribution in [3.05, 3.63) is 75.8 Å². The second-order valence-corrected chi connectivity index (χ2v) is 9.76. The minimum Gasteiger partial charge on any atom is -0.365 e. The van der Waals surface area contributed by atoms with Crippen LogP contribution < -0.4 is 11.1 Å². The average molecular weight is 536 g/mol. The van der Waals surface area contributed by atoms with Gasteiger partial charge in [0, 0.05) is 23.7 Å². The molecule has 0 saturated carbocycles. The first-order valence-electron chi connectivity index (χ1n) is 11.6. The Hall–Kier alpha value is -4.45. The third kappa shape index (κ3) is 4.12. The van der Waals surface area contributed by atoms with Crippen LogP contribution in [0.15, 0.2) is 42.6 Å². The zero-order valence-corrected chi connectivity index (χ0v) is 21.7. The molecule has 1 aromatic carbocycles. The zero-order chi connectivity index (χ0) is 27.3. The molecule has 0 spiro atoms. The van der Waals surface area contributed by atoms with Crippen molar-refractivity contribution in [1.82, 2.24) is 24.5 Å². The number of halogens is 2. The fourth-order valence-corrected chi connectivity index (χ4v) is 5.48. The number of aromatic nitrogens is 5. The fourth-order valence-electron chi connectivity index (χ4n) is 4.47. The quantitative estimate of drug-likeness (QED) is 0.314. The molecule has 4 aromatic heterocycles. The number of hydrogen-bond donors (Lipinski definition) is 2. The lowest BCUT2D eigenvalue weighted by Crippen LogP contribution is -2.18. The van der Waals surface area contributed by atoms with E-state index in [9.17, 15) is 18.4 Å². The van der Waals surface area contributed by atoms with Crippen LogP contribution in [-0.2, 0) is 7.05 Å². The summed E-state index contributed by atoms with van der Waals surface area (Å²) in [6, 6.07) is 10.6. The number of nitrogens with zero attached hydrogens (tertiary/aromatic N) is 5. The number of nitrogens with two attached hydrogens (primary N) is 1. The van der Waals surface area contributed by atoms with Crippen LogP contribution in [0.3, 0.4) is 0 Å². The molecule has 0 aliphatic heterocycles. The molecule has 0 aliphatic carbocycles. The molecule has 0 bridgehead atoms. The fraction of sp³-hybridized carbons (Fsp3) is 0.192. The van der Waals surface area contributed by atoms with Gasteiger partial charge in [0.1, 0.15) is 15.4 Å². The molecule has 12 heteroatoms. The first-order chi connectivity index (χ1) is 18.1. The molecule has 0 atom stereocenters. The van der Waals surface area contributed by atoms with Crippen molar-refractivity contribution in [1.29, 1.82) is 0 Å². The molecular weight excluding hydrogens is 512 g/mol. The predicted octanol–water partition coefficient (Wildman–Crippen LogP) is 5.10. The number of fused-ring (bicyclic) bond motifs is 1. The number of para-hydroxylation sites is 1. The van der Waals surface area contributed by atoms with Crippen molar-refractivity contribution < 1.29 is 18.4 Å². The van der Waals surface area contributed by atoms with E-state index >= 15 is 0 Å². The van der Waals surface area contributed by atoms with Gasteiger partial charge in [0.2, 0.25) is 0 Å². The van der Waals surface area contributed by atoms with Gasteiger partial charge in [0.05, 0.1) is 34.5 Å². The number of thiophene rings is 1. The molecule has 2 amide bonds. The van der Waals surface area contributed by atoms with E-state index < -0.39 is 23.9 Å². The lowest BCUT2D eigenvalue weighted by Gasteiger charge is -2.11. The number of carbonyl (C=O) groups excluding carboxylic acids is 2. The Bertz CT molecular complexity index is 1720. The van der Waals surface area contributed by atoms with Crippen LogP contribution in [0.4, 0.5) is 14.5 Å². The second kappa shape index (κ2) is 9.45. The van der Waals surface area contributed by atoms with E-state index in [4.69, 9.17) is 5.73 Å². The van der Waals surface area contributed by atoms with Crippen LogP contribution in [0, 0.1) is 20.8 Å². The van der Waals surface area contributed by atoms with Gasteiger partial charge in [-0.25, -0.2) is 18.4 Å². The third-order valence-corrected chi connectivity index (χ3v) is 7.51. The number of amides is 2. The molecule has 3 N–H and O–H groups in total. The lowest BCUT2D eigenvalue weighted by atomic mass is 10.0. The van der Waals surface area contributed by atoms with Crippen LogP contribution in [0.2, 0.25) is 0 Å². The van der Waals surface area contributed by atoms with Gasteiger partial charge < -0.3 is 11.1 Å². The van der Waals surface area contributed by atoms with Crippen molar-refractivity contribution in [2.75, 3.05) is 5.32 Å². The Kier molecular flexibility index (Phi) is 6.27. The highest BCUT2D eigenvalue weighted by Gasteiger charge is 2.28. The molecule has 0 aliphatic rings. The highest BCUT2D eigenvalue weighted by atomic mass is 32.1. The van der Waals surface area contributed by atoms with Crippen LogP contribution in [0.5, 0.6) is 0 Å². The number of aryl methyl sites for hydroxylation is 2. The molecule has 5 rings (SSSR count). The topological polar surface area (TPSA) is 121 Å². The van der Waals surface area contributed by atoms with Gasteiger partial charge in [0.25, 0.3) is 18.2 Å². The highest BCUT2D eigenvalue weighted by molar-refractivity contribution is 7.21. The molecule has 4 heterocycles. The number of hydrogen-bond acceptors (Lipinski definition) is 6. The first kappa shape index (κ1) is 25.2. The summed E-state index contributed by atoms with van der Waals surface area (Å²) in [5.41, 5.74) is 9.12. The average Bonchev–Trinajstić information content (AvgIpc) is 3.52. The number of anilines is 1. The molecule has 0 fully saturated rings. The number of rotatable bonds is 6. The Balaban J connectivity index is 1.70. The van der Waals surface area contributed by atoms with Gasteiger partial charge in [-0.05, 0) is 44.5 Å². The second-order valence-electron chi connectivity index (χ2n) is 8.76. The van der Waals surface area contributed by atoms with Gasteiger partial charge in [-0.1, -0.05) is 18.2 Å². The molecule has 0 saturated heterocycles. The van der Waals surface area contributed by atoms with Gasteiger partial charge in [-0.3, -0.25) is 14.3 Å². The van der Waals surface area contributed by atoms with E-state index in [1.165, 1.54) is 6.07 Å². The van der Waals surface area contributed by atoms with Gasteiger partial charge >= 0.3 is 0 Å². The van der Waals surface area contributed by atoms with Crippen molar-refractivity contribution in [2.24, 2.45) is 12.8 Å². The molecular formula is C26H23F2N7O2S. The molecule has 9 nitrogen and oxygen atoms in total. The van der Waals surface area contributed by atoms with Gasteiger partial charge in [-0.2, -0.15) is 10.2 Å². The van der Waals surface area contributed by atoms with E-state index in [0.29, 0.717) is 39.2 Å². The minimum atomic E-state index is -2.85. The number of alkyl halides is 2. The number of nitrogens with one attached hydrogen (secondary N) is 1. The van der Waals surface area contributed by atoms with E-state index in [1.54, 1.807) is 43.4 Å². The van der Waals surface area contributed by atoms with Crippen LogP contribution in [0.25, 0.3) is 27.0 Å². The molecule has 38 heavy (non-hydrogen) atoms. The van der Waals surface area contributed by atoms with Crippen molar-refractivity contribution >= 4 is 39.1 Å². The van der Waals surface area contributed by atoms with E-state index in [-0.39, 0.29) is 15.4 Å². The summed E-state index contributed by atoms with van der Waals surface area (Å²) in [4.78, 5) is 30.3. The standard InChI is InChI=1S/C26H23F2N7O2S/c1-12-19(14(3)35(33-12)15-8-6-5-7-9-15)25(37)32-21-20-16(17-11-30-34(4)13(17)2)10-18(23(27)28)31-26(20)38-22(21)24(29)36/h5-11,23H,1-4H3,(H2,29,36)(H,32,37). The Morgan fingerprint density at radius 3 is 2.39 bits per heavy atom. The van der Waals surface area contributed by atoms with Crippen LogP contribution in [-0.4, -0.2) is 36.4 Å². The maximum atomic E-state index is 13.8. The monoisotopic (exact) mass is 535 g/mol. The normalized spacial score (nSPS) is 11.4. The Morgan fingerprint density at radius 1 is 1.08 bits per heavy atom. The third-order valence-electron chi connectivity index (χ3n) is 6.41. The number of carbonyl (C=O) groups is 2. The summed E-state index contributed by atoms with van der Waals surface area (Å²) in [6.45, 7) is 5.27. The Morgan fingerprint density at radius 2 is 1.79 bits per heavy atom.